The van der Waals surface area contributed by atoms with Gasteiger partial charge in [-0.1, -0.05) is 24.4 Å². The Bertz CT molecular complexity index is 687. The monoisotopic (exact) mass is 306 g/mol. The molecule has 3 N–H and O–H groups in total. The lowest BCUT2D eigenvalue weighted by Crippen LogP contribution is -2.16. The number of amides is 1. The van der Waals surface area contributed by atoms with Crippen molar-refractivity contribution >= 4 is 28.8 Å². The van der Waals surface area contributed by atoms with E-state index >= 15 is 0 Å². The number of hydrogen-bond donors (Lipinski definition) is 2. The zero-order chi connectivity index (χ0) is 15.4. The van der Waals surface area contributed by atoms with Gasteiger partial charge in [0.1, 0.15) is 16.6 Å². The van der Waals surface area contributed by atoms with Crippen LogP contribution in [0.2, 0.25) is 0 Å². The predicted octanol–water partition coefficient (Wildman–Crippen LogP) is 2.78. The van der Waals surface area contributed by atoms with E-state index in [-0.39, 0.29) is 22.9 Å². The Kier molecular flexibility index (Phi) is 4.59. The Morgan fingerprint density at radius 2 is 1.81 bits per heavy atom. The molecule has 0 atom stereocenters. The number of carbonyl (C=O) groups is 1. The molecule has 3 nitrogen and oxygen atoms in total. The number of nitrogens with two attached hydrogens (primary N) is 1. The Labute approximate surface area is 125 Å². The lowest BCUT2D eigenvalue weighted by atomic mass is 10.1. The smallest absolute Gasteiger partial charge is 0.228 e. The van der Waals surface area contributed by atoms with Crippen molar-refractivity contribution in [2.75, 3.05) is 5.32 Å². The summed E-state index contributed by atoms with van der Waals surface area (Å²) in [6.45, 7) is 0. The number of thiocarbonyl (C=S) groups is 1. The quantitative estimate of drug-likeness (QED) is 0.854. The van der Waals surface area contributed by atoms with Gasteiger partial charge in [0.25, 0.3) is 0 Å². The average Bonchev–Trinajstić information content (AvgIpc) is 2.43. The average molecular weight is 306 g/mol. The van der Waals surface area contributed by atoms with Gasteiger partial charge in [-0.25, -0.2) is 8.78 Å². The Morgan fingerprint density at radius 3 is 2.38 bits per heavy atom. The van der Waals surface area contributed by atoms with E-state index in [1.807, 2.05) is 0 Å². The number of benzene rings is 2. The van der Waals surface area contributed by atoms with Crippen LogP contribution in [0.3, 0.4) is 0 Å². The zero-order valence-corrected chi connectivity index (χ0v) is 11.7. The third-order valence-electron chi connectivity index (χ3n) is 2.81. The lowest BCUT2D eigenvalue weighted by molar-refractivity contribution is -0.115. The molecule has 1 amide bonds. The second kappa shape index (κ2) is 6.41. The fraction of sp³-hybridized carbons (Fsp3) is 0.0667. The van der Waals surface area contributed by atoms with E-state index in [1.165, 1.54) is 36.4 Å². The Morgan fingerprint density at radius 1 is 1.14 bits per heavy atom. The minimum Gasteiger partial charge on any atom is -0.389 e. The van der Waals surface area contributed by atoms with E-state index in [0.29, 0.717) is 11.1 Å². The van der Waals surface area contributed by atoms with Crippen LogP contribution in [-0.4, -0.2) is 10.9 Å². The van der Waals surface area contributed by atoms with E-state index in [9.17, 15) is 13.6 Å². The summed E-state index contributed by atoms with van der Waals surface area (Å²) in [5, 5.41) is 2.45. The molecule has 0 saturated heterocycles. The molecule has 0 aliphatic carbocycles. The summed E-state index contributed by atoms with van der Waals surface area (Å²) in [6.07, 6.45) is 0.0246. The highest BCUT2D eigenvalue weighted by molar-refractivity contribution is 7.80. The van der Waals surface area contributed by atoms with Crippen molar-refractivity contribution in [3.8, 4) is 0 Å². The van der Waals surface area contributed by atoms with Gasteiger partial charge >= 0.3 is 0 Å². The van der Waals surface area contributed by atoms with Gasteiger partial charge < -0.3 is 11.1 Å². The zero-order valence-electron chi connectivity index (χ0n) is 10.9. The second-order valence-corrected chi connectivity index (χ2v) is 4.85. The Balaban J connectivity index is 2.06. The molecular weight excluding hydrogens is 294 g/mol. The van der Waals surface area contributed by atoms with E-state index in [4.69, 9.17) is 18.0 Å². The highest BCUT2D eigenvalue weighted by atomic mass is 32.1. The summed E-state index contributed by atoms with van der Waals surface area (Å²) in [7, 11) is 0. The van der Waals surface area contributed by atoms with Crippen LogP contribution in [0.4, 0.5) is 14.5 Å². The van der Waals surface area contributed by atoms with Gasteiger partial charge in [-0.3, -0.25) is 4.79 Å². The summed E-state index contributed by atoms with van der Waals surface area (Å²) in [6, 6.07) is 9.62. The molecule has 0 fully saturated rings. The van der Waals surface area contributed by atoms with Gasteiger partial charge in [-0.15, -0.1) is 0 Å². The fourth-order valence-corrected chi connectivity index (χ4v) is 1.88. The van der Waals surface area contributed by atoms with Crippen LogP contribution in [0.15, 0.2) is 42.5 Å². The largest absolute Gasteiger partial charge is 0.389 e. The van der Waals surface area contributed by atoms with Crippen LogP contribution in [0.25, 0.3) is 0 Å². The van der Waals surface area contributed by atoms with Crippen molar-refractivity contribution in [3.63, 3.8) is 0 Å². The van der Waals surface area contributed by atoms with Crippen LogP contribution in [-0.2, 0) is 11.2 Å². The third kappa shape index (κ3) is 4.06. The fourth-order valence-electron chi connectivity index (χ4n) is 1.75. The molecule has 0 bridgehead atoms. The molecule has 21 heavy (non-hydrogen) atoms. The molecule has 0 aliphatic rings. The number of rotatable bonds is 4. The van der Waals surface area contributed by atoms with Crippen molar-refractivity contribution in [3.05, 3.63) is 65.2 Å². The molecular formula is C15H12F2N2OS. The topological polar surface area (TPSA) is 55.1 Å². The minimum absolute atomic E-state index is 0.0246. The predicted molar refractivity (Wildman–Crippen MR) is 81.0 cm³/mol. The van der Waals surface area contributed by atoms with Crippen LogP contribution < -0.4 is 11.1 Å². The SMILES string of the molecule is NC(=S)c1ccc(NC(=O)Cc2ccc(F)cc2)c(F)c1. The van der Waals surface area contributed by atoms with Crippen LogP contribution in [0.5, 0.6) is 0 Å². The molecule has 0 aromatic heterocycles. The molecule has 0 radical (unpaired) electrons. The molecule has 0 spiro atoms. The molecule has 2 aromatic carbocycles. The first-order chi connectivity index (χ1) is 9.95. The van der Waals surface area contributed by atoms with Crippen LogP contribution in [0.1, 0.15) is 11.1 Å². The first-order valence-corrected chi connectivity index (χ1v) is 6.50. The van der Waals surface area contributed by atoms with E-state index in [2.05, 4.69) is 5.32 Å². The van der Waals surface area contributed by atoms with Gasteiger partial charge in [0.2, 0.25) is 5.91 Å². The van der Waals surface area contributed by atoms with E-state index in [1.54, 1.807) is 0 Å². The minimum atomic E-state index is -0.618. The van der Waals surface area contributed by atoms with Gasteiger partial charge in [0, 0.05) is 5.56 Å². The normalized spacial score (nSPS) is 10.2. The number of carbonyl (C=O) groups excluding carboxylic acids is 1. The van der Waals surface area contributed by atoms with Crippen molar-refractivity contribution < 1.29 is 13.6 Å². The summed E-state index contributed by atoms with van der Waals surface area (Å²) in [4.78, 5) is 11.9. The molecule has 2 aromatic rings. The van der Waals surface area contributed by atoms with Crippen LogP contribution in [0, 0.1) is 11.6 Å². The van der Waals surface area contributed by atoms with Crippen molar-refractivity contribution in [2.45, 2.75) is 6.42 Å². The number of anilines is 1. The summed E-state index contributed by atoms with van der Waals surface area (Å²) >= 11 is 4.74. The number of hydrogen-bond acceptors (Lipinski definition) is 2. The molecule has 6 heteroatoms. The van der Waals surface area contributed by atoms with Crippen molar-refractivity contribution in [1.29, 1.82) is 0 Å². The first kappa shape index (κ1) is 15.1. The van der Waals surface area contributed by atoms with Gasteiger partial charge in [-0.05, 0) is 35.9 Å². The maximum atomic E-state index is 13.8. The maximum absolute atomic E-state index is 13.8. The molecule has 108 valence electrons. The summed E-state index contributed by atoms with van der Waals surface area (Å²) < 4.78 is 26.5. The van der Waals surface area contributed by atoms with E-state index in [0.717, 1.165) is 6.07 Å². The molecule has 0 saturated carbocycles. The van der Waals surface area contributed by atoms with Gasteiger partial charge in [-0.2, -0.15) is 0 Å². The van der Waals surface area contributed by atoms with Gasteiger partial charge in [0.05, 0.1) is 12.1 Å². The van der Waals surface area contributed by atoms with E-state index < -0.39 is 11.7 Å². The van der Waals surface area contributed by atoms with Crippen LogP contribution >= 0.6 is 12.2 Å². The molecule has 0 unspecified atom stereocenters. The molecule has 0 aliphatic heterocycles. The summed E-state index contributed by atoms with van der Waals surface area (Å²) in [5.74, 6) is -1.39. The highest BCUT2D eigenvalue weighted by Crippen LogP contribution is 2.16. The maximum Gasteiger partial charge on any atom is 0.228 e. The van der Waals surface area contributed by atoms with Gasteiger partial charge in [0.15, 0.2) is 0 Å². The molecule has 2 rings (SSSR count). The highest BCUT2D eigenvalue weighted by Gasteiger charge is 2.09. The lowest BCUT2D eigenvalue weighted by Gasteiger charge is -2.08. The number of halogens is 2. The second-order valence-electron chi connectivity index (χ2n) is 4.41. The number of nitrogens with one attached hydrogen (secondary N) is 1. The standard InChI is InChI=1S/C15H12F2N2OS/c16-11-4-1-9(2-5-11)7-14(20)19-13-6-3-10(15(18)21)8-12(13)17/h1-6,8H,7H2,(H2,18,21)(H,19,20). The Hall–Kier alpha value is -2.34. The van der Waals surface area contributed by atoms with Crippen molar-refractivity contribution in [1.82, 2.24) is 0 Å². The molecule has 0 heterocycles. The first-order valence-electron chi connectivity index (χ1n) is 6.09. The third-order valence-corrected chi connectivity index (χ3v) is 3.04. The van der Waals surface area contributed by atoms with Crippen molar-refractivity contribution in [2.24, 2.45) is 5.73 Å². The summed E-state index contributed by atoms with van der Waals surface area (Å²) in [5.41, 5.74) is 6.46.